The van der Waals surface area contributed by atoms with E-state index in [1.165, 1.54) is 12.2 Å². The van der Waals surface area contributed by atoms with Crippen LogP contribution in [0.2, 0.25) is 0 Å². The summed E-state index contributed by atoms with van der Waals surface area (Å²) in [5, 5.41) is 3.40. The highest BCUT2D eigenvalue weighted by Gasteiger charge is 2.18. The smallest absolute Gasteiger partial charge is 0.125 e. The maximum absolute atomic E-state index is 5.56. The van der Waals surface area contributed by atoms with Crippen molar-refractivity contribution in [3.05, 3.63) is 42.1 Å². The van der Waals surface area contributed by atoms with E-state index in [2.05, 4.69) is 26.0 Å². The molecule has 0 saturated carbocycles. The molecule has 19 heavy (non-hydrogen) atoms. The second kappa shape index (κ2) is 5.40. The number of hydrogen-bond donors (Lipinski definition) is 2. The van der Waals surface area contributed by atoms with Crippen molar-refractivity contribution in [2.24, 2.45) is 11.7 Å². The van der Waals surface area contributed by atoms with Crippen molar-refractivity contribution in [1.29, 1.82) is 0 Å². The summed E-state index contributed by atoms with van der Waals surface area (Å²) in [6.45, 7) is 2.56. The third kappa shape index (κ3) is 2.76. The molecule has 3 heterocycles. The van der Waals surface area contributed by atoms with E-state index in [9.17, 15) is 0 Å². The number of hydrogen-bond acceptors (Lipinski definition) is 4. The van der Waals surface area contributed by atoms with Gasteiger partial charge in [-0.2, -0.15) is 0 Å². The zero-order valence-electron chi connectivity index (χ0n) is 10.9. The topological polar surface area (TPSA) is 68.8 Å². The monoisotopic (exact) mass is 257 g/mol. The number of anilines is 1. The quantitative estimate of drug-likeness (QED) is 0.869. The van der Waals surface area contributed by atoms with Crippen molar-refractivity contribution in [1.82, 2.24) is 14.5 Å². The molecule has 100 valence electrons. The standard InChI is InChI=1S/C14H19N5/c15-8-12-1-2-13(18-10-12)17-9-11-3-5-19-6-4-16-14(19)7-11/h1-2,4,6,10-11H,3,5,7-9,15H2,(H,17,18). The zero-order chi connectivity index (χ0) is 13.1. The first-order chi connectivity index (χ1) is 9.35. The summed E-state index contributed by atoms with van der Waals surface area (Å²) in [7, 11) is 0. The van der Waals surface area contributed by atoms with E-state index in [-0.39, 0.29) is 0 Å². The average Bonchev–Trinajstić information content (AvgIpc) is 2.93. The maximum Gasteiger partial charge on any atom is 0.125 e. The lowest BCUT2D eigenvalue weighted by Gasteiger charge is -2.23. The molecule has 2 aromatic rings. The molecular formula is C14H19N5. The number of rotatable bonds is 4. The van der Waals surface area contributed by atoms with E-state index in [0.717, 1.165) is 30.9 Å². The van der Waals surface area contributed by atoms with Crippen LogP contribution < -0.4 is 11.1 Å². The Balaban J connectivity index is 1.55. The highest BCUT2D eigenvalue weighted by atomic mass is 15.1. The Hall–Kier alpha value is -1.88. The summed E-state index contributed by atoms with van der Waals surface area (Å²) in [5.41, 5.74) is 6.62. The summed E-state index contributed by atoms with van der Waals surface area (Å²) < 4.78 is 2.24. The number of aryl methyl sites for hydroxylation is 1. The van der Waals surface area contributed by atoms with Gasteiger partial charge in [-0.15, -0.1) is 0 Å². The molecule has 2 aromatic heterocycles. The fourth-order valence-electron chi connectivity index (χ4n) is 2.49. The van der Waals surface area contributed by atoms with Crippen LogP contribution in [0.1, 0.15) is 17.8 Å². The van der Waals surface area contributed by atoms with Crippen molar-refractivity contribution in [2.45, 2.75) is 25.9 Å². The van der Waals surface area contributed by atoms with Crippen LogP contribution in [-0.2, 0) is 19.5 Å². The van der Waals surface area contributed by atoms with E-state index < -0.39 is 0 Å². The van der Waals surface area contributed by atoms with Gasteiger partial charge in [-0.1, -0.05) is 6.07 Å². The van der Waals surface area contributed by atoms with E-state index >= 15 is 0 Å². The molecule has 5 nitrogen and oxygen atoms in total. The van der Waals surface area contributed by atoms with Gasteiger partial charge in [0.25, 0.3) is 0 Å². The predicted molar refractivity (Wildman–Crippen MR) is 74.7 cm³/mol. The van der Waals surface area contributed by atoms with Crippen LogP contribution >= 0.6 is 0 Å². The molecule has 3 rings (SSSR count). The SMILES string of the molecule is NCc1ccc(NCC2CCn3ccnc3C2)nc1. The van der Waals surface area contributed by atoms with E-state index in [4.69, 9.17) is 5.73 Å². The Kier molecular flexibility index (Phi) is 3.46. The first kappa shape index (κ1) is 12.2. The first-order valence-corrected chi connectivity index (χ1v) is 6.74. The van der Waals surface area contributed by atoms with Crippen molar-refractivity contribution < 1.29 is 0 Å². The molecule has 1 unspecified atom stereocenters. The number of nitrogens with two attached hydrogens (primary N) is 1. The minimum Gasteiger partial charge on any atom is -0.370 e. The predicted octanol–water partition coefficient (Wildman–Crippen LogP) is 1.41. The van der Waals surface area contributed by atoms with E-state index in [0.29, 0.717) is 12.5 Å². The Morgan fingerprint density at radius 3 is 3.11 bits per heavy atom. The Morgan fingerprint density at radius 2 is 2.32 bits per heavy atom. The number of aromatic nitrogens is 3. The second-order valence-electron chi connectivity index (χ2n) is 5.03. The Labute approximate surface area is 112 Å². The van der Waals surface area contributed by atoms with Gasteiger partial charge in [-0.3, -0.25) is 0 Å². The van der Waals surface area contributed by atoms with Gasteiger partial charge in [0.1, 0.15) is 11.6 Å². The van der Waals surface area contributed by atoms with Gasteiger partial charge in [-0.05, 0) is 24.0 Å². The molecule has 0 radical (unpaired) electrons. The lowest BCUT2D eigenvalue weighted by molar-refractivity contribution is 0.397. The van der Waals surface area contributed by atoms with Gasteiger partial charge in [0.2, 0.25) is 0 Å². The number of pyridine rings is 1. The van der Waals surface area contributed by atoms with E-state index in [1.54, 1.807) is 0 Å². The molecule has 0 bridgehead atoms. The molecule has 0 saturated heterocycles. The zero-order valence-corrected chi connectivity index (χ0v) is 10.9. The summed E-state index contributed by atoms with van der Waals surface area (Å²) in [5.74, 6) is 2.75. The molecule has 0 spiro atoms. The van der Waals surface area contributed by atoms with Gasteiger partial charge in [-0.25, -0.2) is 9.97 Å². The molecule has 1 aliphatic heterocycles. The van der Waals surface area contributed by atoms with Gasteiger partial charge < -0.3 is 15.6 Å². The molecule has 0 aliphatic carbocycles. The number of nitrogens with one attached hydrogen (secondary N) is 1. The van der Waals surface area contributed by atoms with Crippen LogP contribution in [0.25, 0.3) is 0 Å². The van der Waals surface area contributed by atoms with Crippen LogP contribution in [0.5, 0.6) is 0 Å². The number of fused-ring (bicyclic) bond motifs is 1. The summed E-state index contributed by atoms with van der Waals surface area (Å²) in [6, 6.07) is 4.01. The van der Waals surface area contributed by atoms with Crippen molar-refractivity contribution in [2.75, 3.05) is 11.9 Å². The van der Waals surface area contributed by atoms with Crippen molar-refractivity contribution in [3.63, 3.8) is 0 Å². The molecule has 5 heteroatoms. The van der Waals surface area contributed by atoms with Crippen LogP contribution in [-0.4, -0.2) is 21.1 Å². The Morgan fingerprint density at radius 1 is 1.37 bits per heavy atom. The second-order valence-corrected chi connectivity index (χ2v) is 5.03. The first-order valence-electron chi connectivity index (χ1n) is 6.74. The molecular weight excluding hydrogens is 238 g/mol. The van der Waals surface area contributed by atoms with Gasteiger partial charge >= 0.3 is 0 Å². The molecule has 0 fully saturated rings. The lowest BCUT2D eigenvalue weighted by Crippen LogP contribution is -2.25. The van der Waals surface area contributed by atoms with E-state index in [1.807, 2.05) is 24.5 Å². The number of nitrogens with zero attached hydrogens (tertiary/aromatic N) is 3. The minimum absolute atomic E-state index is 0.540. The molecule has 1 atom stereocenters. The fourth-order valence-corrected chi connectivity index (χ4v) is 2.49. The van der Waals surface area contributed by atoms with Gasteiger partial charge in [0.05, 0.1) is 0 Å². The van der Waals surface area contributed by atoms with Crippen LogP contribution in [0, 0.1) is 5.92 Å². The van der Waals surface area contributed by atoms with Crippen molar-refractivity contribution >= 4 is 5.82 Å². The van der Waals surface area contributed by atoms with Crippen LogP contribution in [0.4, 0.5) is 5.82 Å². The third-order valence-electron chi connectivity index (χ3n) is 3.68. The highest BCUT2D eigenvalue weighted by molar-refractivity contribution is 5.35. The molecule has 0 amide bonds. The normalized spacial score (nSPS) is 18.1. The van der Waals surface area contributed by atoms with Crippen molar-refractivity contribution in [3.8, 4) is 0 Å². The average molecular weight is 257 g/mol. The lowest BCUT2D eigenvalue weighted by atomic mass is 9.98. The maximum atomic E-state index is 5.56. The third-order valence-corrected chi connectivity index (χ3v) is 3.68. The highest BCUT2D eigenvalue weighted by Crippen LogP contribution is 2.19. The summed E-state index contributed by atoms with van der Waals surface area (Å²) in [6.07, 6.45) is 8.01. The fraction of sp³-hybridized carbons (Fsp3) is 0.429. The Bertz CT molecular complexity index is 531. The molecule has 1 aliphatic rings. The summed E-state index contributed by atoms with van der Waals surface area (Å²) in [4.78, 5) is 8.75. The molecule has 0 aromatic carbocycles. The summed E-state index contributed by atoms with van der Waals surface area (Å²) >= 11 is 0. The van der Waals surface area contributed by atoms with Gasteiger partial charge in [0, 0.05) is 44.6 Å². The minimum atomic E-state index is 0.540. The van der Waals surface area contributed by atoms with Crippen LogP contribution in [0.15, 0.2) is 30.7 Å². The largest absolute Gasteiger partial charge is 0.370 e. The van der Waals surface area contributed by atoms with Gasteiger partial charge in [0.15, 0.2) is 0 Å². The number of imidazole rings is 1. The van der Waals surface area contributed by atoms with Crippen LogP contribution in [0.3, 0.4) is 0 Å². The molecule has 3 N–H and O–H groups in total.